The van der Waals surface area contributed by atoms with Crippen LogP contribution in [0.2, 0.25) is 0 Å². The fraction of sp³-hybridized carbons (Fsp3) is 0.214. The van der Waals surface area contributed by atoms with Crippen molar-refractivity contribution in [3.05, 3.63) is 41.7 Å². The van der Waals surface area contributed by atoms with Crippen molar-refractivity contribution >= 4 is 29.4 Å². The highest BCUT2D eigenvalue weighted by atomic mass is 32.2. The Labute approximate surface area is 134 Å². The smallest absolute Gasteiger partial charge is 0.351 e. The van der Waals surface area contributed by atoms with Crippen molar-refractivity contribution in [2.75, 3.05) is 11.2 Å². The topological polar surface area (TPSA) is 72.1 Å². The molecule has 0 radical (unpaired) electrons. The van der Waals surface area contributed by atoms with Crippen molar-refractivity contribution in [2.45, 2.75) is 18.0 Å². The molecule has 0 saturated heterocycles. The molecule has 1 aromatic carbocycles. The molecule has 9 heteroatoms. The molecule has 0 atom stereocenters. The van der Waals surface area contributed by atoms with Crippen LogP contribution < -0.4 is 10.6 Å². The number of carbonyl (C=O) groups is 1. The number of hydrogen-bond acceptors (Lipinski definition) is 4. The highest BCUT2D eigenvalue weighted by Crippen LogP contribution is 2.34. The number of nitrogens with zero attached hydrogens (tertiary/aromatic N) is 3. The fourth-order valence-electron chi connectivity index (χ4n) is 1.94. The monoisotopic (exact) mass is 342 g/mol. The summed E-state index contributed by atoms with van der Waals surface area (Å²) in [5.74, 6) is -0.411. The number of anilines is 2. The molecule has 1 heterocycles. The summed E-state index contributed by atoms with van der Waals surface area (Å²) in [4.78, 5) is 20.7. The van der Waals surface area contributed by atoms with E-state index in [0.29, 0.717) is 10.6 Å². The first kappa shape index (κ1) is 17.1. The Hall–Kier alpha value is -2.29. The second-order valence-corrected chi connectivity index (χ2v) is 5.39. The van der Waals surface area contributed by atoms with Crippen LogP contribution >= 0.6 is 11.8 Å². The Kier molecular flexibility index (Phi) is 4.79. The lowest BCUT2D eigenvalue weighted by Gasteiger charge is -2.21. The first-order valence-corrected chi connectivity index (χ1v) is 7.62. The van der Waals surface area contributed by atoms with Crippen molar-refractivity contribution in [2.24, 2.45) is 5.73 Å². The highest BCUT2D eigenvalue weighted by Gasteiger charge is 2.34. The van der Waals surface area contributed by atoms with Crippen LogP contribution in [-0.4, -0.2) is 22.3 Å². The average Bonchev–Trinajstić information content (AvgIpc) is 2.46. The van der Waals surface area contributed by atoms with Gasteiger partial charge >= 0.3 is 12.2 Å². The minimum Gasteiger partial charge on any atom is -0.351 e. The van der Waals surface area contributed by atoms with Gasteiger partial charge in [-0.05, 0) is 31.4 Å². The number of carbonyl (C=O) groups excluding carboxylic acids is 1. The van der Waals surface area contributed by atoms with E-state index in [1.807, 2.05) is 0 Å². The number of nitrogens with two attached hydrogens (primary N) is 1. The summed E-state index contributed by atoms with van der Waals surface area (Å²) in [6, 6.07) is 6.51. The molecule has 1 aromatic heterocycles. The molecule has 0 fully saturated rings. The Morgan fingerprint density at radius 2 is 1.91 bits per heavy atom. The molecule has 23 heavy (non-hydrogen) atoms. The van der Waals surface area contributed by atoms with Gasteiger partial charge in [-0.3, -0.25) is 0 Å². The van der Waals surface area contributed by atoms with Gasteiger partial charge in [0.05, 0.1) is 5.69 Å². The lowest BCUT2D eigenvalue weighted by atomic mass is 10.3. The maximum atomic E-state index is 12.9. The molecule has 0 bridgehead atoms. The number of hydrogen-bond donors (Lipinski definition) is 1. The van der Waals surface area contributed by atoms with Gasteiger partial charge in [0.25, 0.3) is 0 Å². The Morgan fingerprint density at radius 3 is 2.48 bits per heavy atom. The first-order valence-electron chi connectivity index (χ1n) is 6.39. The zero-order valence-electron chi connectivity index (χ0n) is 12.3. The molecule has 5 nitrogen and oxygen atoms in total. The van der Waals surface area contributed by atoms with E-state index >= 15 is 0 Å². The van der Waals surface area contributed by atoms with Gasteiger partial charge < -0.3 is 5.73 Å². The van der Waals surface area contributed by atoms with E-state index in [1.54, 1.807) is 30.5 Å². The standard InChI is InChI=1S/C14H13F3N4OS/c1-8-7-11(14(15,16)17)20-13(19-8)21(12(18)22)9-5-3-4-6-10(9)23-2/h3-7H,1-2H3,(H2,18,22). The van der Waals surface area contributed by atoms with Gasteiger partial charge in [0.1, 0.15) is 5.69 Å². The van der Waals surface area contributed by atoms with Crippen LogP contribution in [0.25, 0.3) is 0 Å². The van der Waals surface area contributed by atoms with E-state index in [9.17, 15) is 18.0 Å². The number of urea groups is 1. The van der Waals surface area contributed by atoms with Crippen LogP contribution in [0, 0.1) is 6.92 Å². The minimum atomic E-state index is -4.65. The second kappa shape index (κ2) is 6.45. The number of benzene rings is 1. The fourth-order valence-corrected chi connectivity index (χ4v) is 2.52. The average molecular weight is 342 g/mol. The molecular formula is C14H13F3N4OS. The number of alkyl halides is 3. The van der Waals surface area contributed by atoms with Crippen molar-refractivity contribution in [3.63, 3.8) is 0 Å². The zero-order chi connectivity index (χ0) is 17.2. The van der Waals surface area contributed by atoms with Gasteiger partial charge in [-0.15, -0.1) is 11.8 Å². The molecule has 0 unspecified atom stereocenters. The van der Waals surface area contributed by atoms with E-state index in [-0.39, 0.29) is 5.69 Å². The van der Waals surface area contributed by atoms with Crippen molar-refractivity contribution in [3.8, 4) is 0 Å². The van der Waals surface area contributed by atoms with Crippen LogP contribution in [0.3, 0.4) is 0 Å². The molecule has 2 aromatic rings. The minimum absolute atomic E-state index is 0.0789. The van der Waals surface area contributed by atoms with Gasteiger partial charge in [0, 0.05) is 10.6 Å². The quantitative estimate of drug-likeness (QED) is 0.863. The Balaban J connectivity index is 2.64. The number of primary amides is 1. The molecule has 122 valence electrons. The van der Waals surface area contributed by atoms with Gasteiger partial charge in [-0.2, -0.15) is 13.2 Å². The summed E-state index contributed by atoms with van der Waals surface area (Å²) in [5, 5.41) is 0. The number of thioether (sulfide) groups is 1. The summed E-state index contributed by atoms with van der Waals surface area (Å²) < 4.78 is 38.8. The SMILES string of the molecule is CSc1ccccc1N(C(N)=O)c1nc(C)cc(C(F)(F)F)n1. The van der Waals surface area contributed by atoms with Crippen molar-refractivity contribution in [1.29, 1.82) is 0 Å². The molecule has 2 N–H and O–H groups in total. The van der Waals surface area contributed by atoms with Gasteiger partial charge in [-0.1, -0.05) is 12.1 Å². The van der Waals surface area contributed by atoms with E-state index in [4.69, 9.17) is 5.73 Å². The van der Waals surface area contributed by atoms with Gasteiger partial charge in [0.15, 0.2) is 0 Å². The second-order valence-electron chi connectivity index (χ2n) is 4.54. The first-order chi connectivity index (χ1) is 10.7. The summed E-state index contributed by atoms with van der Waals surface area (Å²) in [7, 11) is 0. The molecule has 2 rings (SSSR count). The Morgan fingerprint density at radius 1 is 1.26 bits per heavy atom. The number of aromatic nitrogens is 2. The lowest BCUT2D eigenvalue weighted by molar-refractivity contribution is -0.141. The third-order valence-electron chi connectivity index (χ3n) is 2.88. The third kappa shape index (κ3) is 3.73. The third-order valence-corrected chi connectivity index (χ3v) is 3.66. The number of aryl methyl sites for hydroxylation is 1. The van der Waals surface area contributed by atoms with Crippen molar-refractivity contribution in [1.82, 2.24) is 9.97 Å². The van der Waals surface area contributed by atoms with Crippen LogP contribution in [0.5, 0.6) is 0 Å². The molecular weight excluding hydrogens is 329 g/mol. The summed E-state index contributed by atoms with van der Waals surface area (Å²) >= 11 is 1.32. The van der Waals surface area contributed by atoms with E-state index < -0.39 is 23.8 Å². The number of halogens is 3. The molecule has 0 spiro atoms. The molecule has 0 aliphatic carbocycles. The summed E-state index contributed by atoms with van der Waals surface area (Å²) in [6.45, 7) is 1.39. The molecule has 2 amide bonds. The lowest BCUT2D eigenvalue weighted by Crippen LogP contribution is -2.34. The van der Waals surface area contributed by atoms with E-state index in [0.717, 1.165) is 11.0 Å². The number of amides is 2. The normalized spacial score (nSPS) is 11.3. The van der Waals surface area contributed by atoms with Gasteiger partial charge in [0.2, 0.25) is 5.95 Å². The van der Waals surface area contributed by atoms with Crippen LogP contribution in [0.4, 0.5) is 29.6 Å². The molecule has 0 aliphatic heterocycles. The highest BCUT2D eigenvalue weighted by molar-refractivity contribution is 7.98. The van der Waals surface area contributed by atoms with Crippen LogP contribution in [-0.2, 0) is 6.18 Å². The summed E-state index contributed by atoms with van der Waals surface area (Å²) in [5.41, 5.74) is 4.62. The Bertz CT molecular complexity index is 736. The van der Waals surface area contributed by atoms with Gasteiger partial charge in [-0.25, -0.2) is 19.7 Å². The van der Waals surface area contributed by atoms with E-state index in [2.05, 4.69) is 9.97 Å². The predicted molar refractivity (Wildman–Crippen MR) is 81.7 cm³/mol. The maximum absolute atomic E-state index is 12.9. The summed E-state index contributed by atoms with van der Waals surface area (Å²) in [6.07, 6.45) is -2.87. The van der Waals surface area contributed by atoms with Crippen molar-refractivity contribution < 1.29 is 18.0 Å². The number of para-hydroxylation sites is 1. The molecule has 0 aliphatic rings. The zero-order valence-corrected chi connectivity index (χ0v) is 13.1. The largest absolute Gasteiger partial charge is 0.433 e. The molecule has 0 saturated carbocycles. The number of rotatable bonds is 3. The predicted octanol–water partition coefficient (Wildman–Crippen LogP) is 3.74. The van der Waals surface area contributed by atoms with Crippen LogP contribution in [0.15, 0.2) is 35.2 Å². The van der Waals surface area contributed by atoms with Crippen LogP contribution in [0.1, 0.15) is 11.4 Å². The maximum Gasteiger partial charge on any atom is 0.433 e. The van der Waals surface area contributed by atoms with E-state index in [1.165, 1.54) is 18.7 Å².